The molecule has 16 heavy (non-hydrogen) atoms. The summed E-state index contributed by atoms with van der Waals surface area (Å²) in [5.74, 6) is 0.128. The summed E-state index contributed by atoms with van der Waals surface area (Å²) in [6.45, 7) is 7.95. The highest BCUT2D eigenvalue weighted by molar-refractivity contribution is 5.82. The van der Waals surface area contributed by atoms with Gasteiger partial charge in [0.05, 0.1) is 6.04 Å². The fourth-order valence-electron chi connectivity index (χ4n) is 1.89. The second-order valence-electron chi connectivity index (χ2n) is 4.82. The minimum Gasteiger partial charge on any atom is -0.352 e. The van der Waals surface area contributed by atoms with Gasteiger partial charge in [-0.25, -0.2) is 0 Å². The normalized spacial score (nSPS) is 27.4. The van der Waals surface area contributed by atoms with Crippen LogP contribution in [0.4, 0.5) is 0 Å². The van der Waals surface area contributed by atoms with Gasteiger partial charge in [-0.15, -0.1) is 0 Å². The van der Waals surface area contributed by atoms with Gasteiger partial charge in [0.25, 0.3) is 0 Å². The summed E-state index contributed by atoms with van der Waals surface area (Å²) in [7, 11) is 0. The van der Waals surface area contributed by atoms with Crippen LogP contribution in [0.5, 0.6) is 0 Å². The highest BCUT2D eigenvalue weighted by Crippen LogP contribution is 2.00. The van der Waals surface area contributed by atoms with E-state index in [1.165, 1.54) is 12.8 Å². The Hall–Kier alpha value is -0.610. The van der Waals surface area contributed by atoms with E-state index in [4.69, 9.17) is 0 Å². The third kappa shape index (κ3) is 4.49. The van der Waals surface area contributed by atoms with Crippen LogP contribution >= 0.6 is 0 Å². The Bertz CT molecular complexity index is 212. The average Bonchev–Trinajstić information content (AvgIpc) is 2.27. The monoisotopic (exact) mass is 227 g/mol. The van der Waals surface area contributed by atoms with E-state index in [-0.39, 0.29) is 18.0 Å². The molecule has 3 atom stereocenters. The molecule has 1 rings (SSSR count). The van der Waals surface area contributed by atoms with E-state index in [9.17, 15) is 4.79 Å². The van der Waals surface area contributed by atoms with Gasteiger partial charge in [-0.3, -0.25) is 4.79 Å². The fraction of sp³-hybridized carbons (Fsp3) is 0.917. The van der Waals surface area contributed by atoms with Crippen LogP contribution in [0.25, 0.3) is 0 Å². The molecular formula is C12H25N3O. The number of unbranched alkanes of at least 4 members (excludes halogenated alkanes) is 1. The van der Waals surface area contributed by atoms with Gasteiger partial charge in [-0.05, 0) is 20.3 Å². The lowest BCUT2D eigenvalue weighted by Crippen LogP contribution is -2.59. The molecule has 0 aromatic rings. The summed E-state index contributed by atoms with van der Waals surface area (Å²) in [5.41, 5.74) is 0. The van der Waals surface area contributed by atoms with E-state index < -0.39 is 0 Å². The van der Waals surface area contributed by atoms with Gasteiger partial charge in [0.2, 0.25) is 5.91 Å². The molecule has 0 bridgehead atoms. The molecule has 4 nitrogen and oxygen atoms in total. The Kier molecular flexibility index (Phi) is 5.77. The number of piperazine rings is 1. The standard InChI is InChI=1S/C12H25N3O/c1-4-5-6-9(2)15-12(16)11-8-13-10(3)7-14-11/h9-11,13-14H,4-8H2,1-3H3,(H,15,16). The van der Waals surface area contributed by atoms with Crippen molar-refractivity contribution in [3.8, 4) is 0 Å². The predicted molar refractivity (Wildman–Crippen MR) is 66.4 cm³/mol. The number of nitrogens with one attached hydrogen (secondary N) is 3. The number of carbonyl (C=O) groups is 1. The molecule has 0 radical (unpaired) electrons. The number of hydrogen-bond donors (Lipinski definition) is 3. The first kappa shape index (κ1) is 13.5. The SMILES string of the molecule is CCCCC(C)NC(=O)C1CNC(C)CN1. The summed E-state index contributed by atoms with van der Waals surface area (Å²) >= 11 is 0. The molecule has 0 aliphatic carbocycles. The molecule has 1 fully saturated rings. The van der Waals surface area contributed by atoms with Gasteiger partial charge in [-0.2, -0.15) is 0 Å². The van der Waals surface area contributed by atoms with E-state index in [1.54, 1.807) is 0 Å². The maximum Gasteiger partial charge on any atom is 0.238 e. The molecule has 1 heterocycles. The van der Waals surface area contributed by atoms with Crippen molar-refractivity contribution in [3.05, 3.63) is 0 Å². The first-order valence-corrected chi connectivity index (χ1v) is 6.40. The molecule has 3 N–H and O–H groups in total. The molecule has 1 aliphatic heterocycles. The highest BCUT2D eigenvalue weighted by Gasteiger charge is 2.23. The maximum absolute atomic E-state index is 11.9. The lowest BCUT2D eigenvalue weighted by Gasteiger charge is -2.29. The summed E-state index contributed by atoms with van der Waals surface area (Å²) in [4.78, 5) is 11.9. The second-order valence-corrected chi connectivity index (χ2v) is 4.82. The van der Waals surface area contributed by atoms with E-state index in [2.05, 4.69) is 36.7 Å². The molecular weight excluding hydrogens is 202 g/mol. The van der Waals surface area contributed by atoms with Gasteiger partial charge in [0.15, 0.2) is 0 Å². The van der Waals surface area contributed by atoms with Gasteiger partial charge < -0.3 is 16.0 Å². The summed E-state index contributed by atoms with van der Waals surface area (Å²) in [6, 6.07) is 0.676. The summed E-state index contributed by atoms with van der Waals surface area (Å²) < 4.78 is 0. The Morgan fingerprint density at radius 2 is 2.19 bits per heavy atom. The largest absolute Gasteiger partial charge is 0.352 e. The lowest BCUT2D eigenvalue weighted by atomic mass is 10.1. The van der Waals surface area contributed by atoms with Crippen molar-refractivity contribution in [1.29, 1.82) is 0 Å². The van der Waals surface area contributed by atoms with Crippen LogP contribution in [0.15, 0.2) is 0 Å². The van der Waals surface area contributed by atoms with Crippen LogP contribution in [-0.4, -0.2) is 37.1 Å². The van der Waals surface area contributed by atoms with Crippen molar-refractivity contribution >= 4 is 5.91 Å². The quantitative estimate of drug-likeness (QED) is 0.646. The van der Waals surface area contributed by atoms with Gasteiger partial charge >= 0.3 is 0 Å². The van der Waals surface area contributed by atoms with E-state index in [1.807, 2.05) is 0 Å². The third-order valence-corrected chi connectivity index (χ3v) is 3.04. The van der Waals surface area contributed by atoms with Crippen molar-refractivity contribution in [2.75, 3.05) is 13.1 Å². The van der Waals surface area contributed by atoms with Crippen LogP contribution in [0.2, 0.25) is 0 Å². The first-order valence-electron chi connectivity index (χ1n) is 6.40. The summed E-state index contributed by atoms with van der Waals surface area (Å²) in [5, 5.41) is 9.62. The average molecular weight is 227 g/mol. The zero-order valence-corrected chi connectivity index (χ0v) is 10.7. The highest BCUT2D eigenvalue weighted by atomic mass is 16.2. The second kappa shape index (κ2) is 6.86. The van der Waals surface area contributed by atoms with Crippen molar-refractivity contribution in [2.24, 2.45) is 0 Å². The zero-order valence-electron chi connectivity index (χ0n) is 10.7. The zero-order chi connectivity index (χ0) is 12.0. The molecule has 94 valence electrons. The van der Waals surface area contributed by atoms with Crippen molar-refractivity contribution in [3.63, 3.8) is 0 Å². The van der Waals surface area contributed by atoms with Crippen LogP contribution in [0.3, 0.4) is 0 Å². The Labute approximate surface area is 98.6 Å². The minimum absolute atomic E-state index is 0.0692. The molecule has 1 aliphatic rings. The van der Waals surface area contributed by atoms with E-state index >= 15 is 0 Å². The van der Waals surface area contributed by atoms with Crippen LogP contribution in [-0.2, 0) is 4.79 Å². The van der Waals surface area contributed by atoms with E-state index in [0.29, 0.717) is 6.04 Å². The molecule has 1 amide bonds. The van der Waals surface area contributed by atoms with Gasteiger partial charge in [0.1, 0.15) is 0 Å². The molecule has 0 spiro atoms. The van der Waals surface area contributed by atoms with E-state index in [0.717, 1.165) is 19.5 Å². The summed E-state index contributed by atoms with van der Waals surface area (Å²) in [6.07, 6.45) is 3.43. The maximum atomic E-state index is 11.9. The minimum atomic E-state index is -0.0692. The lowest BCUT2D eigenvalue weighted by molar-refractivity contribution is -0.124. The van der Waals surface area contributed by atoms with Gasteiger partial charge in [0, 0.05) is 25.2 Å². The molecule has 0 aromatic heterocycles. The van der Waals surface area contributed by atoms with Crippen LogP contribution in [0, 0.1) is 0 Å². The number of carbonyl (C=O) groups excluding carboxylic acids is 1. The van der Waals surface area contributed by atoms with Crippen molar-refractivity contribution < 1.29 is 4.79 Å². The molecule has 0 aromatic carbocycles. The molecule has 0 saturated carbocycles. The Morgan fingerprint density at radius 1 is 1.44 bits per heavy atom. The number of hydrogen-bond acceptors (Lipinski definition) is 3. The number of rotatable bonds is 5. The van der Waals surface area contributed by atoms with Crippen LogP contribution < -0.4 is 16.0 Å². The van der Waals surface area contributed by atoms with Crippen LogP contribution in [0.1, 0.15) is 40.0 Å². The Balaban J connectivity index is 2.23. The predicted octanol–water partition coefficient (Wildman–Crippen LogP) is 0.631. The first-order chi connectivity index (χ1) is 7.63. The Morgan fingerprint density at radius 3 is 2.75 bits per heavy atom. The third-order valence-electron chi connectivity index (χ3n) is 3.04. The van der Waals surface area contributed by atoms with Gasteiger partial charge in [-0.1, -0.05) is 19.8 Å². The molecule has 1 saturated heterocycles. The smallest absolute Gasteiger partial charge is 0.238 e. The molecule has 4 heteroatoms. The molecule has 3 unspecified atom stereocenters. The fourth-order valence-corrected chi connectivity index (χ4v) is 1.89. The number of amides is 1. The van der Waals surface area contributed by atoms with Crippen molar-refractivity contribution in [2.45, 2.75) is 58.2 Å². The van der Waals surface area contributed by atoms with Crippen molar-refractivity contribution in [1.82, 2.24) is 16.0 Å². The topological polar surface area (TPSA) is 53.2 Å².